The van der Waals surface area contributed by atoms with E-state index in [4.69, 9.17) is 10.5 Å². The van der Waals surface area contributed by atoms with Crippen LogP contribution < -0.4 is 11.1 Å². The predicted octanol–water partition coefficient (Wildman–Crippen LogP) is 1.50. The van der Waals surface area contributed by atoms with Crippen molar-refractivity contribution in [1.29, 1.82) is 0 Å². The van der Waals surface area contributed by atoms with Crippen molar-refractivity contribution in [3.05, 3.63) is 35.5 Å². The molecule has 1 aliphatic carbocycles. The Morgan fingerprint density at radius 3 is 2.77 bits per heavy atom. The van der Waals surface area contributed by atoms with Gasteiger partial charge >= 0.3 is 0 Å². The van der Waals surface area contributed by atoms with Gasteiger partial charge in [0.1, 0.15) is 5.84 Å². The third-order valence-corrected chi connectivity index (χ3v) is 8.03. The van der Waals surface area contributed by atoms with Crippen LogP contribution in [0.5, 0.6) is 0 Å². The van der Waals surface area contributed by atoms with Gasteiger partial charge in [0.15, 0.2) is 9.84 Å². The number of nitrogens with zero attached hydrogens (tertiary/aromatic N) is 2. The molecule has 8 nitrogen and oxygen atoms in total. The van der Waals surface area contributed by atoms with Crippen LogP contribution in [0, 0.1) is 0 Å². The van der Waals surface area contributed by atoms with Crippen molar-refractivity contribution in [3.8, 4) is 0 Å². The maximum atomic E-state index is 12.5. The molecule has 2 aliphatic heterocycles. The molecule has 0 radical (unpaired) electrons. The lowest BCUT2D eigenvalue weighted by molar-refractivity contribution is -0.128. The second-order valence-electron chi connectivity index (χ2n) is 8.09. The van der Waals surface area contributed by atoms with E-state index in [1.165, 1.54) is 0 Å². The minimum atomic E-state index is -3.30. The van der Waals surface area contributed by atoms with Gasteiger partial charge < -0.3 is 20.7 Å². The number of sulfone groups is 1. The number of nitrogens with two attached hydrogens (primary N) is 1. The van der Waals surface area contributed by atoms with Crippen molar-refractivity contribution < 1.29 is 17.9 Å². The quantitative estimate of drug-likeness (QED) is 0.520. The molecule has 162 valence electrons. The summed E-state index contributed by atoms with van der Waals surface area (Å²) < 4.78 is 30.5. The maximum Gasteiger partial charge on any atom is 0.219 e. The van der Waals surface area contributed by atoms with E-state index in [-0.39, 0.29) is 22.1 Å². The minimum Gasteiger partial charge on any atom is -0.383 e. The molecular weight excluding hydrogens is 404 g/mol. The molecule has 1 unspecified atom stereocenters. The number of ether oxygens (including phenoxy) is 1. The van der Waals surface area contributed by atoms with Gasteiger partial charge in [-0.15, -0.1) is 0 Å². The van der Waals surface area contributed by atoms with Crippen LogP contribution in [0.4, 0.5) is 5.69 Å². The van der Waals surface area contributed by atoms with Gasteiger partial charge in [-0.1, -0.05) is 6.07 Å². The van der Waals surface area contributed by atoms with Crippen LogP contribution >= 0.6 is 0 Å². The first-order valence-corrected chi connectivity index (χ1v) is 11.9. The summed E-state index contributed by atoms with van der Waals surface area (Å²) in [4.78, 5) is 18.5. The molecule has 1 aromatic rings. The van der Waals surface area contributed by atoms with Gasteiger partial charge in [-0.25, -0.2) is 13.4 Å². The number of hydrogen-bond donors (Lipinski definition) is 2. The molecule has 1 saturated carbocycles. The summed E-state index contributed by atoms with van der Waals surface area (Å²) in [7, 11) is -3.30. The van der Waals surface area contributed by atoms with Gasteiger partial charge in [0.05, 0.1) is 35.0 Å². The zero-order chi connectivity index (χ0) is 21.3. The van der Waals surface area contributed by atoms with E-state index in [9.17, 15) is 13.2 Å². The van der Waals surface area contributed by atoms with E-state index in [1.807, 2.05) is 0 Å². The molecule has 9 heteroatoms. The number of carbonyl (C=O) groups is 1. The SMILES string of the molecule is CC(=O)N1CCC(NC2CCOC2)=C(C(N)=Nc2cccc(S(=O)(=O)C3CC3)c2)C1. The highest BCUT2D eigenvalue weighted by molar-refractivity contribution is 7.92. The number of aliphatic imine (C=N–C) groups is 1. The molecule has 3 N–H and O–H groups in total. The molecule has 1 saturated heterocycles. The molecule has 0 spiro atoms. The van der Waals surface area contributed by atoms with Crippen LogP contribution in [0.1, 0.15) is 32.6 Å². The minimum absolute atomic E-state index is 0.0129. The molecule has 3 aliphatic rings. The number of amides is 1. The molecule has 30 heavy (non-hydrogen) atoms. The number of carbonyl (C=O) groups excluding carboxylic acids is 1. The summed E-state index contributed by atoms with van der Waals surface area (Å²) in [6.07, 6.45) is 3.01. The largest absolute Gasteiger partial charge is 0.383 e. The van der Waals surface area contributed by atoms with Gasteiger partial charge in [0.25, 0.3) is 0 Å². The van der Waals surface area contributed by atoms with Gasteiger partial charge in [-0.05, 0) is 37.5 Å². The first-order valence-electron chi connectivity index (χ1n) is 10.3. The summed E-state index contributed by atoms with van der Waals surface area (Å²) in [5.74, 6) is 0.282. The highest BCUT2D eigenvalue weighted by Crippen LogP contribution is 2.34. The fraction of sp³-hybridized carbons (Fsp3) is 0.524. The van der Waals surface area contributed by atoms with Crippen molar-refractivity contribution in [2.75, 3.05) is 26.3 Å². The Morgan fingerprint density at radius 2 is 2.10 bits per heavy atom. The predicted molar refractivity (Wildman–Crippen MR) is 114 cm³/mol. The summed E-state index contributed by atoms with van der Waals surface area (Å²) in [6, 6.07) is 6.83. The second kappa shape index (κ2) is 8.39. The summed E-state index contributed by atoms with van der Waals surface area (Å²) in [6.45, 7) is 3.91. The first-order chi connectivity index (χ1) is 14.3. The molecule has 2 heterocycles. The van der Waals surface area contributed by atoms with Crippen LogP contribution in [0.25, 0.3) is 0 Å². The van der Waals surface area contributed by atoms with Crippen molar-refractivity contribution in [1.82, 2.24) is 10.2 Å². The topological polar surface area (TPSA) is 114 Å². The van der Waals surface area contributed by atoms with E-state index in [0.717, 1.165) is 24.3 Å². The van der Waals surface area contributed by atoms with Crippen molar-refractivity contribution in [2.45, 2.75) is 48.8 Å². The lowest BCUT2D eigenvalue weighted by Crippen LogP contribution is -2.43. The summed E-state index contributed by atoms with van der Waals surface area (Å²) in [5, 5.41) is 3.24. The number of rotatable bonds is 6. The van der Waals surface area contributed by atoms with Crippen molar-refractivity contribution in [2.24, 2.45) is 10.7 Å². The summed E-state index contributed by atoms with van der Waals surface area (Å²) >= 11 is 0. The summed E-state index contributed by atoms with van der Waals surface area (Å²) in [5.41, 5.74) is 8.62. The highest BCUT2D eigenvalue weighted by atomic mass is 32.2. The zero-order valence-electron chi connectivity index (χ0n) is 17.1. The van der Waals surface area contributed by atoms with Gasteiger partial charge in [-0.3, -0.25) is 4.79 Å². The average molecular weight is 433 g/mol. The third kappa shape index (κ3) is 4.52. The van der Waals surface area contributed by atoms with E-state index < -0.39 is 9.84 Å². The fourth-order valence-corrected chi connectivity index (χ4v) is 5.52. The third-order valence-electron chi connectivity index (χ3n) is 5.77. The number of hydrogen-bond acceptors (Lipinski definition) is 6. The smallest absolute Gasteiger partial charge is 0.219 e. The number of benzene rings is 1. The van der Waals surface area contributed by atoms with Crippen LogP contribution in [-0.4, -0.2) is 62.7 Å². The average Bonchev–Trinajstić information content (AvgIpc) is 3.47. The monoisotopic (exact) mass is 432 g/mol. The normalized spacial score (nSPS) is 23.0. The standard InChI is InChI=1S/C21H28N4O4S/c1-14(26)25-9-7-20(23-16-8-10-29-13-16)19(12-25)21(22)24-15-3-2-4-18(11-15)30(27,28)17-5-6-17/h2-4,11,16-17,23H,5-10,12-13H2,1H3,(H2,22,24). The van der Waals surface area contributed by atoms with Gasteiger partial charge in [0.2, 0.25) is 5.91 Å². The van der Waals surface area contributed by atoms with E-state index in [0.29, 0.717) is 50.5 Å². The molecule has 2 fully saturated rings. The lowest BCUT2D eigenvalue weighted by Gasteiger charge is -2.31. The number of nitrogens with one attached hydrogen (secondary N) is 1. The van der Waals surface area contributed by atoms with E-state index in [2.05, 4.69) is 10.3 Å². The van der Waals surface area contributed by atoms with Crippen molar-refractivity contribution >= 4 is 27.3 Å². The van der Waals surface area contributed by atoms with E-state index in [1.54, 1.807) is 36.1 Å². The van der Waals surface area contributed by atoms with Crippen molar-refractivity contribution in [3.63, 3.8) is 0 Å². The van der Waals surface area contributed by atoms with Gasteiger partial charge in [0, 0.05) is 37.8 Å². The molecule has 1 atom stereocenters. The maximum absolute atomic E-state index is 12.5. The lowest BCUT2D eigenvalue weighted by atomic mass is 10.0. The highest BCUT2D eigenvalue weighted by Gasteiger charge is 2.37. The first kappa shape index (κ1) is 20.9. The fourth-order valence-electron chi connectivity index (χ4n) is 3.83. The number of amidine groups is 1. The van der Waals surface area contributed by atoms with Gasteiger partial charge in [-0.2, -0.15) is 0 Å². The Bertz CT molecular complexity index is 992. The van der Waals surface area contributed by atoms with Crippen LogP contribution in [0.3, 0.4) is 0 Å². The zero-order valence-corrected chi connectivity index (χ0v) is 18.0. The Kier molecular flexibility index (Phi) is 5.84. The molecule has 0 bridgehead atoms. The molecular formula is C21H28N4O4S. The van der Waals surface area contributed by atoms with Crippen LogP contribution in [0.2, 0.25) is 0 Å². The van der Waals surface area contributed by atoms with E-state index >= 15 is 0 Å². The van der Waals surface area contributed by atoms with Crippen LogP contribution in [0.15, 0.2) is 45.4 Å². The Balaban J connectivity index is 1.63. The molecule has 1 aromatic carbocycles. The molecule has 1 amide bonds. The Morgan fingerprint density at radius 1 is 1.30 bits per heavy atom. The second-order valence-corrected chi connectivity index (χ2v) is 10.3. The van der Waals surface area contributed by atoms with Crippen LogP contribution in [-0.2, 0) is 19.4 Å². The Labute approximate surface area is 177 Å². The molecule has 4 rings (SSSR count). The molecule has 0 aromatic heterocycles. The Hall–Kier alpha value is -2.39.